The number of rotatable bonds is 6. The van der Waals surface area contributed by atoms with Crippen molar-refractivity contribution in [3.63, 3.8) is 0 Å². The molecule has 0 saturated carbocycles. The minimum absolute atomic E-state index is 0.113. The number of sulfonamides is 1. The van der Waals surface area contributed by atoms with Crippen LogP contribution >= 0.6 is 11.6 Å². The van der Waals surface area contributed by atoms with Crippen molar-refractivity contribution in [2.75, 3.05) is 19.3 Å². The molecule has 29 heavy (non-hydrogen) atoms. The van der Waals surface area contributed by atoms with E-state index in [1.54, 1.807) is 24.9 Å². The topological polar surface area (TPSA) is 113 Å². The number of amides is 2. The monoisotopic (exact) mass is 443 g/mol. The minimum atomic E-state index is -3.93. The number of aryl methyl sites for hydroxylation is 1. The fourth-order valence-corrected chi connectivity index (χ4v) is 4.47. The Morgan fingerprint density at radius 2 is 2.10 bits per heavy atom. The number of hydrazine groups is 1. The van der Waals surface area contributed by atoms with Crippen LogP contribution in [0.1, 0.15) is 16.8 Å². The second-order valence-corrected chi connectivity index (χ2v) is 9.10. The smallest absolute Gasteiger partial charge is 0.269 e. The normalized spacial score (nSPS) is 17.0. The predicted molar refractivity (Wildman–Crippen MR) is 104 cm³/mol. The molecule has 1 fully saturated rings. The summed E-state index contributed by atoms with van der Waals surface area (Å²) in [6, 6.07) is 2.56. The summed E-state index contributed by atoms with van der Waals surface area (Å²) in [5.74, 6) is -2.87. The zero-order chi connectivity index (χ0) is 21.3. The van der Waals surface area contributed by atoms with Gasteiger partial charge in [-0.3, -0.25) is 15.0 Å². The first-order valence-electron chi connectivity index (χ1n) is 8.57. The quantitative estimate of drug-likeness (QED) is 0.644. The molecule has 1 unspecified atom stereocenters. The number of hydrogen-bond acceptors (Lipinski definition) is 5. The molecule has 1 aromatic carbocycles. The van der Waals surface area contributed by atoms with E-state index in [1.165, 1.54) is 23.4 Å². The Bertz CT molecular complexity index is 1070. The van der Waals surface area contributed by atoms with Crippen molar-refractivity contribution in [1.82, 2.24) is 24.7 Å². The summed E-state index contributed by atoms with van der Waals surface area (Å²) >= 11 is 5.89. The number of imidazole rings is 1. The van der Waals surface area contributed by atoms with E-state index in [0.29, 0.717) is 17.8 Å². The molecule has 2 aromatic rings. The van der Waals surface area contributed by atoms with E-state index in [2.05, 4.69) is 4.98 Å². The number of nitrogens with one attached hydrogen (secondary N) is 2. The number of halogens is 2. The molecule has 1 aliphatic heterocycles. The lowest BCUT2D eigenvalue weighted by Gasteiger charge is -2.13. The first-order chi connectivity index (χ1) is 13.6. The highest BCUT2D eigenvalue weighted by atomic mass is 35.5. The molecule has 0 radical (unpaired) electrons. The molecule has 1 saturated heterocycles. The van der Waals surface area contributed by atoms with Crippen LogP contribution in [0.15, 0.2) is 24.7 Å². The van der Waals surface area contributed by atoms with Crippen molar-refractivity contribution in [3.8, 4) is 11.3 Å². The SMILES string of the molecule is CN1CC(CS(=O)(=O)NNC(=O)c2cc(-c3cn(C)cn3)cc(Cl)c2F)CC1=O. The first kappa shape index (κ1) is 21.2. The molecule has 3 rings (SSSR count). The van der Waals surface area contributed by atoms with Crippen LogP contribution in [0.5, 0.6) is 0 Å². The van der Waals surface area contributed by atoms with E-state index in [9.17, 15) is 22.4 Å². The van der Waals surface area contributed by atoms with E-state index in [4.69, 9.17) is 11.6 Å². The number of carbonyl (C=O) groups excluding carboxylic acids is 2. The van der Waals surface area contributed by atoms with Crippen molar-refractivity contribution in [2.45, 2.75) is 6.42 Å². The van der Waals surface area contributed by atoms with Crippen LogP contribution in [0.3, 0.4) is 0 Å². The summed E-state index contributed by atoms with van der Waals surface area (Å²) in [4.78, 5) is 31.4. The van der Waals surface area contributed by atoms with Crippen molar-refractivity contribution < 1.29 is 22.4 Å². The van der Waals surface area contributed by atoms with Crippen LogP contribution in [0.25, 0.3) is 11.3 Å². The summed E-state index contributed by atoms with van der Waals surface area (Å²) in [5.41, 5.74) is 2.43. The van der Waals surface area contributed by atoms with E-state index in [0.717, 1.165) is 0 Å². The molecule has 2 heterocycles. The van der Waals surface area contributed by atoms with Crippen LogP contribution in [0.2, 0.25) is 5.02 Å². The molecule has 2 amide bonds. The highest BCUT2D eigenvalue weighted by Crippen LogP contribution is 2.27. The zero-order valence-corrected chi connectivity index (χ0v) is 17.2. The number of likely N-dealkylation sites (tertiary alicyclic amines) is 1. The van der Waals surface area contributed by atoms with Crippen molar-refractivity contribution in [1.29, 1.82) is 0 Å². The maximum absolute atomic E-state index is 14.3. The van der Waals surface area contributed by atoms with Crippen LogP contribution in [-0.2, 0) is 21.9 Å². The summed E-state index contributed by atoms with van der Waals surface area (Å²) in [7, 11) is -0.591. The largest absolute Gasteiger partial charge is 0.345 e. The Balaban J connectivity index is 1.72. The molecule has 0 spiro atoms. The van der Waals surface area contributed by atoms with Gasteiger partial charge >= 0.3 is 0 Å². The van der Waals surface area contributed by atoms with Gasteiger partial charge in [-0.2, -0.15) is 0 Å². The molecule has 0 bridgehead atoms. The van der Waals surface area contributed by atoms with Crippen LogP contribution in [0.4, 0.5) is 4.39 Å². The number of nitrogens with zero attached hydrogens (tertiary/aromatic N) is 3. The maximum Gasteiger partial charge on any atom is 0.269 e. The lowest BCUT2D eigenvalue weighted by molar-refractivity contribution is -0.126. The van der Waals surface area contributed by atoms with Crippen molar-refractivity contribution >= 4 is 33.4 Å². The maximum atomic E-state index is 14.3. The van der Waals surface area contributed by atoms with Crippen LogP contribution in [0, 0.1) is 11.7 Å². The van der Waals surface area contributed by atoms with Gasteiger partial charge in [0.1, 0.15) is 0 Å². The van der Waals surface area contributed by atoms with Gasteiger partial charge in [-0.05, 0) is 12.1 Å². The second kappa shape index (κ2) is 8.09. The molecular formula is C17H19ClFN5O4S. The Morgan fingerprint density at radius 1 is 1.38 bits per heavy atom. The third-order valence-corrected chi connectivity index (χ3v) is 6.07. The van der Waals surface area contributed by atoms with Gasteiger partial charge in [0.15, 0.2) is 5.82 Å². The molecule has 12 heteroatoms. The highest BCUT2D eigenvalue weighted by molar-refractivity contribution is 7.89. The first-order valence-corrected chi connectivity index (χ1v) is 10.6. The fraction of sp³-hybridized carbons (Fsp3) is 0.353. The number of carbonyl (C=O) groups is 2. The molecule has 156 valence electrons. The van der Waals surface area contributed by atoms with E-state index in [-0.39, 0.29) is 29.0 Å². The fourth-order valence-electron chi connectivity index (χ4n) is 3.08. The van der Waals surface area contributed by atoms with E-state index >= 15 is 0 Å². The van der Waals surface area contributed by atoms with Crippen molar-refractivity contribution in [3.05, 3.63) is 41.1 Å². The van der Waals surface area contributed by atoms with Gasteiger partial charge in [0, 0.05) is 44.7 Å². The Morgan fingerprint density at radius 3 is 2.69 bits per heavy atom. The second-order valence-electron chi connectivity index (χ2n) is 6.93. The molecule has 1 atom stereocenters. The van der Waals surface area contributed by atoms with Crippen molar-refractivity contribution in [2.24, 2.45) is 13.0 Å². The van der Waals surface area contributed by atoms with Gasteiger partial charge in [0.05, 0.1) is 28.4 Å². The summed E-state index contributed by atoms with van der Waals surface area (Å²) in [6.07, 6.45) is 3.31. The van der Waals surface area contributed by atoms with Gasteiger partial charge in [-0.1, -0.05) is 11.6 Å². The molecule has 1 aliphatic rings. The van der Waals surface area contributed by atoms with E-state index < -0.39 is 27.3 Å². The van der Waals surface area contributed by atoms with Gasteiger partial charge in [0.25, 0.3) is 5.91 Å². The van der Waals surface area contributed by atoms with Crippen LogP contribution < -0.4 is 10.3 Å². The average molecular weight is 444 g/mol. The van der Waals surface area contributed by atoms with Gasteiger partial charge in [-0.15, -0.1) is 4.83 Å². The van der Waals surface area contributed by atoms with Gasteiger partial charge in [-0.25, -0.2) is 17.8 Å². The minimum Gasteiger partial charge on any atom is -0.345 e. The molecule has 0 aliphatic carbocycles. The highest BCUT2D eigenvalue weighted by Gasteiger charge is 2.31. The lowest BCUT2D eigenvalue weighted by atomic mass is 10.1. The Labute approximate surface area is 171 Å². The molecule has 1 aromatic heterocycles. The number of aromatic nitrogens is 2. The van der Waals surface area contributed by atoms with Gasteiger partial charge < -0.3 is 9.47 Å². The standard InChI is InChI=1S/C17H19ClFN5O4S/c1-23-7-14(20-9-23)11-4-12(16(19)13(18)5-11)17(26)21-22-29(27,28)8-10-3-15(25)24(2)6-10/h4-5,7,9-10,22H,3,6,8H2,1-2H3,(H,21,26). The summed E-state index contributed by atoms with van der Waals surface area (Å²) in [6.45, 7) is 0.310. The number of benzene rings is 1. The molecule has 9 nitrogen and oxygen atoms in total. The lowest BCUT2D eigenvalue weighted by Crippen LogP contribution is -2.44. The van der Waals surface area contributed by atoms with Crippen LogP contribution in [-0.4, -0.2) is 54.0 Å². The number of hydrogen-bond donors (Lipinski definition) is 2. The average Bonchev–Trinajstić information content (AvgIpc) is 3.20. The third kappa shape index (κ3) is 4.92. The summed E-state index contributed by atoms with van der Waals surface area (Å²) in [5, 5.41) is -0.298. The Hall–Kier alpha value is -2.50. The zero-order valence-electron chi connectivity index (χ0n) is 15.6. The third-order valence-electron chi connectivity index (χ3n) is 4.47. The Kier molecular flexibility index (Phi) is 5.92. The molecule has 2 N–H and O–H groups in total. The predicted octanol–water partition coefficient (Wildman–Crippen LogP) is 0.922. The van der Waals surface area contributed by atoms with E-state index in [1.807, 2.05) is 10.3 Å². The summed E-state index contributed by atoms with van der Waals surface area (Å²) < 4.78 is 40.4. The van der Waals surface area contributed by atoms with Gasteiger partial charge in [0.2, 0.25) is 15.9 Å². The molecular weight excluding hydrogens is 425 g/mol.